The highest BCUT2D eigenvalue weighted by Gasteiger charge is 2.24. The summed E-state index contributed by atoms with van der Waals surface area (Å²) in [6.07, 6.45) is -0.655. The molecule has 0 saturated carbocycles. The van der Waals surface area contributed by atoms with Gasteiger partial charge in [0.05, 0.1) is 27.7 Å². The van der Waals surface area contributed by atoms with Crippen molar-refractivity contribution in [1.82, 2.24) is 14.9 Å². The number of rotatable bonds is 3. The van der Waals surface area contributed by atoms with Crippen LogP contribution in [0.4, 0.5) is 9.18 Å². The van der Waals surface area contributed by atoms with E-state index in [-0.39, 0.29) is 21.9 Å². The Bertz CT molecular complexity index is 1180. The third-order valence-corrected chi connectivity index (χ3v) is 4.70. The molecule has 0 aliphatic rings. The van der Waals surface area contributed by atoms with Gasteiger partial charge >= 0.3 is 6.09 Å². The number of benzene rings is 2. The van der Waals surface area contributed by atoms with E-state index in [0.29, 0.717) is 5.52 Å². The van der Waals surface area contributed by atoms with Gasteiger partial charge in [-0.05, 0) is 64.4 Å². The van der Waals surface area contributed by atoms with Crippen molar-refractivity contribution in [2.75, 3.05) is 0 Å². The Morgan fingerprint density at radius 3 is 2.60 bits per heavy atom. The molecule has 2 aromatic carbocycles. The number of alkyl carbamates (subject to hydrolysis) is 1. The van der Waals surface area contributed by atoms with Crippen LogP contribution in [0.25, 0.3) is 16.6 Å². The SMILES string of the molecule is Cc1ccc(Cl)c2c(=O)n(-c3cccc(F)c3)c([C@H](C)NC(=O)OC(C)(C)C)nc12. The molecule has 8 heteroatoms. The first-order valence-electron chi connectivity index (χ1n) is 9.45. The fourth-order valence-corrected chi connectivity index (χ4v) is 3.34. The second-order valence-corrected chi connectivity index (χ2v) is 8.45. The lowest BCUT2D eigenvalue weighted by molar-refractivity contribution is 0.0505. The monoisotopic (exact) mass is 431 g/mol. The number of hydrogen-bond acceptors (Lipinski definition) is 4. The minimum atomic E-state index is -0.710. The highest BCUT2D eigenvalue weighted by molar-refractivity contribution is 6.35. The summed E-state index contributed by atoms with van der Waals surface area (Å²) in [5, 5.41) is 3.17. The maximum atomic E-state index is 13.9. The van der Waals surface area contributed by atoms with Crippen molar-refractivity contribution in [3.63, 3.8) is 0 Å². The topological polar surface area (TPSA) is 73.2 Å². The molecule has 1 aromatic heterocycles. The average Bonchev–Trinajstić information content (AvgIpc) is 2.62. The fraction of sp³-hybridized carbons (Fsp3) is 0.318. The molecule has 0 radical (unpaired) electrons. The van der Waals surface area contributed by atoms with Gasteiger partial charge in [0, 0.05) is 0 Å². The van der Waals surface area contributed by atoms with Crippen molar-refractivity contribution in [1.29, 1.82) is 0 Å². The lowest BCUT2D eigenvalue weighted by Crippen LogP contribution is -2.37. The third kappa shape index (κ3) is 4.46. The molecule has 1 atom stereocenters. The second-order valence-electron chi connectivity index (χ2n) is 8.05. The number of aryl methyl sites for hydroxylation is 1. The van der Waals surface area contributed by atoms with E-state index in [2.05, 4.69) is 10.3 Å². The highest BCUT2D eigenvalue weighted by atomic mass is 35.5. The van der Waals surface area contributed by atoms with Crippen molar-refractivity contribution < 1.29 is 13.9 Å². The van der Waals surface area contributed by atoms with Crippen LogP contribution in [0.3, 0.4) is 0 Å². The Morgan fingerprint density at radius 1 is 1.27 bits per heavy atom. The summed E-state index contributed by atoms with van der Waals surface area (Å²) in [5.41, 5.74) is 0.316. The van der Waals surface area contributed by atoms with Gasteiger partial charge in [0.25, 0.3) is 5.56 Å². The molecule has 0 bridgehead atoms. The quantitative estimate of drug-likeness (QED) is 0.628. The first-order valence-corrected chi connectivity index (χ1v) is 9.83. The average molecular weight is 432 g/mol. The summed E-state index contributed by atoms with van der Waals surface area (Å²) in [5.74, 6) is -0.275. The zero-order valence-corrected chi connectivity index (χ0v) is 18.2. The second kappa shape index (κ2) is 8.07. The normalized spacial score (nSPS) is 12.6. The Morgan fingerprint density at radius 2 is 1.97 bits per heavy atom. The Hall–Kier alpha value is -2.93. The number of aromatic nitrogens is 2. The van der Waals surface area contributed by atoms with E-state index in [1.54, 1.807) is 45.9 Å². The van der Waals surface area contributed by atoms with Crippen molar-refractivity contribution in [3.8, 4) is 5.69 Å². The van der Waals surface area contributed by atoms with Gasteiger partial charge in [0.15, 0.2) is 0 Å². The number of hydrogen-bond donors (Lipinski definition) is 1. The van der Waals surface area contributed by atoms with Crippen LogP contribution in [-0.4, -0.2) is 21.2 Å². The summed E-state index contributed by atoms with van der Waals surface area (Å²) in [4.78, 5) is 30.3. The number of nitrogens with zero attached hydrogens (tertiary/aromatic N) is 2. The number of amides is 1. The maximum Gasteiger partial charge on any atom is 0.408 e. The number of halogens is 2. The number of fused-ring (bicyclic) bond motifs is 1. The van der Waals surface area contributed by atoms with Crippen LogP contribution in [0.1, 0.15) is 45.1 Å². The smallest absolute Gasteiger partial charge is 0.408 e. The molecule has 0 fully saturated rings. The summed E-state index contributed by atoms with van der Waals surface area (Å²) < 4.78 is 20.5. The minimum absolute atomic E-state index is 0.231. The van der Waals surface area contributed by atoms with Crippen LogP contribution in [0.15, 0.2) is 41.2 Å². The molecule has 0 saturated heterocycles. The summed E-state index contributed by atoms with van der Waals surface area (Å²) in [6, 6.07) is 8.27. The molecular formula is C22H23ClFN3O3. The van der Waals surface area contributed by atoms with Gasteiger partial charge in [0.1, 0.15) is 17.2 Å². The predicted molar refractivity (Wildman–Crippen MR) is 115 cm³/mol. The molecule has 0 unspecified atom stereocenters. The van der Waals surface area contributed by atoms with E-state index in [1.807, 2.05) is 6.92 Å². The molecular weight excluding hydrogens is 409 g/mol. The highest BCUT2D eigenvalue weighted by Crippen LogP contribution is 2.25. The van der Waals surface area contributed by atoms with Crippen molar-refractivity contribution >= 4 is 28.6 Å². The van der Waals surface area contributed by atoms with Crippen LogP contribution in [-0.2, 0) is 4.74 Å². The van der Waals surface area contributed by atoms with Gasteiger partial charge in [-0.3, -0.25) is 9.36 Å². The van der Waals surface area contributed by atoms with E-state index in [4.69, 9.17) is 16.3 Å². The van der Waals surface area contributed by atoms with Gasteiger partial charge in [-0.25, -0.2) is 14.2 Å². The molecule has 1 amide bonds. The largest absolute Gasteiger partial charge is 0.444 e. The third-order valence-electron chi connectivity index (χ3n) is 4.39. The summed E-state index contributed by atoms with van der Waals surface area (Å²) in [7, 11) is 0. The van der Waals surface area contributed by atoms with Crippen LogP contribution in [0.5, 0.6) is 0 Å². The summed E-state index contributed by atoms with van der Waals surface area (Å²) in [6.45, 7) is 8.74. The molecule has 6 nitrogen and oxygen atoms in total. The Labute approximate surface area is 178 Å². The van der Waals surface area contributed by atoms with E-state index < -0.39 is 29.1 Å². The first-order chi connectivity index (χ1) is 14.0. The van der Waals surface area contributed by atoms with Gasteiger partial charge < -0.3 is 10.1 Å². The lowest BCUT2D eigenvalue weighted by atomic mass is 10.1. The molecule has 0 aliphatic carbocycles. The van der Waals surface area contributed by atoms with Crippen LogP contribution >= 0.6 is 11.6 Å². The van der Waals surface area contributed by atoms with E-state index >= 15 is 0 Å². The molecule has 30 heavy (non-hydrogen) atoms. The van der Waals surface area contributed by atoms with Crippen LogP contribution in [0.2, 0.25) is 5.02 Å². The van der Waals surface area contributed by atoms with E-state index in [9.17, 15) is 14.0 Å². The molecule has 3 rings (SSSR count). The van der Waals surface area contributed by atoms with Crippen LogP contribution in [0, 0.1) is 12.7 Å². The molecule has 0 spiro atoms. The number of nitrogens with one attached hydrogen (secondary N) is 1. The van der Waals surface area contributed by atoms with Gasteiger partial charge in [-0.2, -0.15) is 0 Å². The standard InChI is InChI=1S/C22H23ClFN3O3/c1-12-9-10-16(23)17-18(12)26-19(13(2)25-21(29)30-22(3,4)5)27(20(17)28)15-8-6-7-14(24)11-15/h6-11,13H,1-5H3,(H,25,29)/t13-/m0/s1. The van der Waals surface area contributed by atoms with Crippen LogP contribution < -0.4 is 10.9 Å². The Kier molecular flexibility index (Phi) is 5.85. The maximum absolute atomic E-state index is 13.9. The van der Waals surface area contributed by atoms with E-state index in [1.165, 1.54) is 22.8 Å². The molecule has 1 heterocycles. The minimum Gasteiger partial charge on any atom is -0.444 e. The number of ether oxygens (including phenoxy) is 1. The zero-order chi connectivity index (χ0) is 22.2. The lowest BCUT2D eigenvalue weighted by Gasteiger charge is -2.23. The first kappa shape index (κ1) is 21.8. The Balaban J connectivity index is 2.23. The van der Waals surface area contributed by atoms with Gasteiger partial charge in [-0.15, -0.1) is 0 Å². The molecule has 158 valence electrons. The zero-order valence-electron chi connectivity index (χ0n) is 17.4. The van der Waals surface area contributed by atoms with Gasteiger partial charge in [0.2, 0.25) is 0 Å². The molecule has 0 aliphatic heterocycles. The fourth-order valence-electron chi connectivity index (χ4n) is 3.10. The van der Waals surface area contributed by atoms with Gasteiger partial charge in [-0.1, -0.05) is 23.7 Å². The van der Waals surface area contributed by atoms with Crippen molar-refractivity contribution in [2.45, 2.75) is 46.3 Å². The number of carbonyl (C=O) groups is 1. The molecule has 1 N–H and O–H groups in total. The summed E-state index contributed by atoms with van der Waals surface area (Å²) >= 11 is 6.30. The predicted octanol–water partition coefficient (Wildman–Crippen LogP) is 5.07. The van der Waals surface area contributed by atoms with Crippen molar-refractivity contribution in [2.24, 2.45) is 0 Å². The molecule has 3 aromatic rings. The van der Waals surface area contributed by atoms with Crippen molar-refractivity contribution in [3.05, 3.63) is 69.0 Å². The number of carbonyl (C=O) groups excluding carboxylic acids is 1. The van der Waals surface area contributed by atoms with E-state index in [0.717, 1.165) is 5.56 Å².